The normalized spacial score (nSPS) is 15.4. The van der Waals surface area contributed by atoms with Gasteiger partial charge >= 0.3 is 0 Å². The van der Waals surface area contributed by atoms with Crippen molar-refractivity contribution in [2.75, 3.05) is 32.7 Å². The molecule has 1 aromatic carbocycles. The monoisotopic (exact) mass is 496 g/mol. The molecule has 0 spiro atoms. The molecular formula is C21H26BrClN4O3. The summed E-state index contributed by atoms with van der Waals surface area (Å²) in [5.41, 5.74) is 4.06. The van der Waals surface area contributed by atoms with Crippen LogP contribution in [0.2, 0.25) is 5.02 Å². The van der Waals surface area contributed by atoms with Crippen molar-refractivity contribution < 1.29 is 14.3 Å². The average Bonchev–Trinajstić information content (AvgIpc) is 3.11. The van der Waals surface area contributed by atoms with Gasteiger partial charge in [0, 0.05) is 31.2 Å². The first-order valence-electron chi connectivity index (χ1n) is 9.83. The Balaban J connectivity index is 2.01. The van der Waals surface area contributed by atoms with E-state index in [1.165, 1.54) is 0 Å². The minimum atomic E-state index is -0.185. The smallest absolute Gasteiger partial charge is 0.253 e. The number of carbonyl (C=O) groups excluding carboxylic acids is 1. The third-order valence-electron chi connectivity index (χ3n) is 4.90. The molecule has 0 saturated heterocycles. The van der Waals surface area contributed by atoms with E-state index in [9.17, 15) is 4.79 Å². The topological polar surface area (TPSA) is 77.4 Å². The Labute approximate surface area is 189 Å². The predicted molar refractivity (Wildman–Crippen MR) is 122 cm³/mol. The lowest BCUT2D eigenvalue weighted by molar-refractivity contribution is 0.0284. The fourth-order valence-electron chi connectivity index (χ4n) is 3.53. The van der Waals surface area contributed by atoms with Crippen molar-refractivity contribution in [2.24, 2.45) is 0 Å². The van der Waals surface area contributed by atoms with Crippen molar-refractivity contribution in [3.05, 3.63) is 50.7 Å². The maximum absolute atomic E-state index is 12.5. The molecule has 0 unspecified atom stereocenters. The molecule has 0 radical (unpaired) electrons. The number of halogens is 2. The number of aromatic nitrogens is 2. The van der Waals surface area contributed by atoms with Gasteiger partial charge in [-0.3, -0.25) is 4.79 Å². The number of ether oxygens (including phenoxy) is 2. The van der Waals surface area contributed by atoms with Crippen LogP contribution in [-0.4, -0.2) is 43.1 Å². The van der Waals surface area contributed by atoms with Crippen LogP contribution in [0.1, 0.15) is 47.3 Å². The van der Waals surface area contributed by atoms with Crippen LogP contribution in [0, 0.1) is 0 Å². The number of rotatable bonds is 9. The van der Waals surface area contributed by atoms with Gasteiger partial charge in [0.05, 0.1) is 35.9 Å². The Morgan fingerprint density at radius 1 is 1.37 bits per heavy atom. The number of hydrogen-bond donors (Lipinski definition) is 2. The van der Waals surface area contributed by atoms with Crippen LogP contribution < -0.4 is 10.6 Å². The number of carbonyl (C=O) groups is 1. The molecule has 0 fully saturated rings. The van der Waals surface area contributed by atoms with Crippen LogP contribution in [0.4, 0.5) is 5.69 Å². The number of nitrogens with zero attached hydrogens (tertiary/aromatic N) is 2. The van der Waals surface area contributed by atoms with Crippen molar-refractivity contribution in [3.8, 4) is 0 Å². The molecule has 7 nitrogen and oxygen atoms in total. The summed E-state index contributed by atoms with van der Waals surface area (Å²) in [4.78, 5) is 12.5. The lowest BCUT2D eigenvalue weighted by atomic mass is 9.87. The minimum absolute atomic E-state index is 0.125. The van der Waals surface area contributed by atoms with Crippen molar-refractivity contribution in [1.29, 1.82) is 0 Å². The van der Waals surface area contributed by atoms with Crippen LogP contribution in [0.3, 0.4) is 0 Å². The summed E-state index contributed by atoms with van der Waals surface area (Å²) in [5, 5.41) is 11.2. The Bertz CT molecular complexity index is 945. The molecular weight excluding hydrogens is 472 g/mol. The van der Waals surface area contributed by atoms with Crippen LogP contribution in [-0.2, 0) is 16.2 Å². The number of benzene rings is 1. The Morgan fingerprint density at radius 3 is 2.87 bits per heavy atom. The second-order valence-electron chi connectivity index (χ2n) is 6.98. The van der Waals surface area contributed by atoms with Gasteiger partial charge in [0.25, 0.3) is 5.91 Å². The number of hydrogen-bond acceptors (Lipinski definition) is 5. The Morgan fingerprint density at radius 2 is 2.17 bits per heavy atom. The lowest BCUT2D eigenvalue weighted by Gasteiger charge is -2.28. The molecule has 1 atom stereocenters. The molecule has 1 aromatic heterocycles. The Hall–Kier alpha value is -1.87. The molecule has 2 aromatic rings. The Kier molecular flexibility index (Phi) is 7.93. The van der Waals surface area contributed by atoms with E-state index in [1.807, 2.05) is 12.1 Å². The molecule has 1 aliphatic rings. The van der Waals surface area contributed by atoms with Gasteiger partial charge in [0.2, 0.25) is 0 Å². The number of methoxy groups -OCH3 is 1. The highest BCUT2D eigenvalue weighted by molar-refractivity contribution is 9.10. The zero-order valence-electron chi connectivity index (χ0n) is 17.3. The second-order valence-corrected chi connectivity index (χ2v) is 8.23. The zero-order chi connectivity index (χ0) is 21.7. The van der Waals surface area contributed by atoms with Gasteiger partial charge < -0.3 is 20.1 Å². The van der Waals surface area contributed by atoms with Gasteiger partial charge in [-0.25, -0.2) is 4.68 Å². The van der Waals surface area contributed by atoms with E-state index in [1.54, 1.807) is 24.9 Å². The first kappa shape index (κ1) is 22.8. The van der Waals surface area contributed by atoms with Crippen molar-refractivity contribution in [3.63, 3.8) is 0 Å². The number of allylic oxidation sites excluding steroid dienone is 1. The molecule has 0 aliphatic carbocycles. The highest BCUT2D eigenvalue weighted by Gasteiger charge is 2.27. The predicted octanol–water partition coefficient (Wildman–Crippen LogP) is 4.63. The van der Waals surface area contributed by atoms with Crippen LogP contribution in [0.15, 0.2) is 28.9 Å². The van der Waals surface area contributed by atoms with Gasteiger partial charge in [-0.05, 0) is 40.0 Å². The van der Waals surface area contributed by atoms with E-state index >= 15 is 0 Å². The third-order valence-corrected chi connectivity index (χ3v) is 5.51. The second kappa shape index (κ2) is 10.4. The largest absolute Gasteiger partial charge is 0.382 e. The van der Waals surface area contributed by atoms with E-state index in [2.05, 4.69) is 44.7 Å². The van der Waals surface area contributed by atoms with Crippen LogP contribution in [0.5, 0.6) is 0 Å². The van der Waals surface area contributed by atoms with Crippen molar-refractivity contribution >= 4 is 44.8 Å². The molecule has 3 rings (SSSR count). The quantitative estimate of drug-likeness (QED) is 0.494. The summed E-state index contributed by atoms with van der Waals surface area (Å²) in [6.45, 7) is 3.42. The van der Waals surface area contributed by atoms with Gasteiger partial charge in [-0.1, -0.05) is 31.0 Å². The van der Waals surface area contributed by atoms with Crippen LogP contribution >= 0.6 is 27.5 Å². The summed E-state index contributed by atoms with van der Waals surface area (Å²) in [5.74, 6) is -0.0600. The van der Waals surface area contributed by atoms with E-state index < -0.39 is 0 Å². The summed E-state index contributed by atoms with van der Waals surface area (Å²) in [6.07, 6.45) is 4.11. The van der Waals surface area contributed by atoms with E-state index in [0.717, 1.165) is 35.5 Å². The molecule has 0 saturated carbocycles. The molecule has 1 aliphatic heterocycles. The SMILES string of the molecule is CCC[C@@H]1C=C(c2cc(Br)nn2COCCOC)Nc2c(C(=O)NC)cc(Cl)cc21. The first-order chi connectivity index (χ1) is 14.5. The van der Waals surface area contributed by atoms with E-state index in [-0.39, 0.29) is 18.6 Å². The van der Waals surface area contributed by atoms with Crippen molar-refractivity contribution in [1.82, 2.24) is 15.1 Å². The molecule has 2 heterocycles. The maximum Gasteiger partial charge on any atom is 0.253 e. The maximum atomic E-state index is 12.5. The molecule has 1 amide bonds. The molecule has 9 heteroatoms. The molecule has 2 N–H and O–H groups in total. The standard InChI is InChI=1S/C21H26BrClN4O3/c1-4-5-13-8-17(18-11-19(22)26-27(18)12-30-7-6-29-3)25-20-15(13)9-14(23)10-16(20)21(28)24-2/h8-11,13,25H,4-7,12H2,1-3H3,(H,24,28)/t13-/m1/s1. The fourth-order valence-corrected chi connectivity index (χ4v) is 4.17. The summed E-state index contributed by atoms with van der Waals surface area (Å²) < 4.78 is 13.2. The number of amides is 1. The zero-order valence-corrected chi connectivity index (χ0v) is 19.6. The summed E-state index contributed by atoms with van der Waals surface area (Å²) in [6, 6.07) is 5.56. The molecule has 0 bridgehead atoms. The fraction of sp³-hybridized carbons (Fsp3) is 0.429. The minimum Gasteiger partial charge on any atom is -0.382 e. The first-order valence-corrected chi connectivity index (χ1v) is 11.0. The molecule has 162 valence electrons. The highest BCUT2D eigenvalue weighted by Crippen LogP contribution is 2.41. The third kappa shape index (κ3) is 5.06. The van der Waals surface area contributed by atoms with E-state index in [4.69, 9.17) is 21.1 Å². The van der Waals surface area contributed by atoms with Crippen LogP contribution in [0.25, 0.3) is 5.70 Å². The van der Waals surface area contributed by atoms with Gasteiger partial charge in [0.15, 0.2) is 0 Å². The van der Waals surface area contributed by atoms with Gasteiger partial charge in [-0.2, -0.15) is 5.10 Å². The lowest BCUT2D eigenvalue weighted by Crippen LogP contribution is -2.23. The summed E-state index contributed by atoms with van der Waals surface area (Å²) >= 11 is 9.80. The van der Waals surface area contributed by atoms with Gasteiger partial charge in [0.1, 0.15) is 11.3 Å². The highest BCUT2D eigenvalue weighted by atomic mass is 79.9. The van der Waals surface area contributed by atoms with Crippen molar-refractivity contribution in [2.45, 2.75) is 32.4 Å². The summed E-state index contributed by atoms with van der Waals surface area (Å²) in [7, 11) is 3.25. The van der Waals surface area contributed by atoms with E-state index in [0.29, 0.717) is 28.4 Å². The number of nitrogens with one attached hydrogen (secondary N) is 2. The number of anilines is 1. The molecule has 30 heavy (non-hydrogen) atoms. The average molecular weight is 498 g/mol. The van der Waals surface area contributed by atoms with Gasteiger partial charge in [-0.15, -0.1) is 0 Å². The number of fused-ring (bicyclic) bond motifs is 1.